The molecule has 1 aliphatic carbocycles. The number of nitrogens with zero attached hydrogens (tertiary/aromatic N) is 2. The first-order chi connectivity index (χ1) is 9.29. The van der Waals surface area contributed by atoms with Crippen LogP contribution in [0, 0.1) is 11.3 Å². The zero-order chi connectivity index (χ0) is 14.9. The Morgan fingerprint density at radius 3 is 2.35 bits per heavy atom. The van der Waals surface area contributed by atoms with Crippen molar-refractivity contribution in [2.45, 2.75) is 72.1 Å². The Morgan fingerprint density at radius 1 is 1.25 bits per heavy atom. The molecule has 4 heteroatoms. The van der Waals surface area contributed by atoms with Gasteiger partial charge in [-0.1, -0.05) is 25.9 Å². The molecule has 0 aliphatic heterocycles. The average molecular weight is 278 g/mol. The summed E-state index contributed by atoms with van der Waals surface area (Å²) in [5.74, 6) is 2.20. The molecule has 1 aromatic rings. The number of hydrogen-bond acceptors (Lipinski definition) is 4. The molecule has 0 radical (unpaired) electrons. The predicted octanol–water partition coefficient (Wildman–Crippen LogP) is 4.08. The van der Waals surface area contributed by atoms with Gasteiger partial charge in [-0.2, -0.15) is 4.98 Å². The van der Waals surface area contributed by atoms with Crippen LogP contribution in [0.25, 0.3) is 0 Å². The van der Waals surface area contributed by atoms with E-state index in [-0.39, 0.29) is 11.7 Å². The van der Waals surface area contributed by atoms with E-state index in [1.807, 2.05) is 6.92 Å². The van der Waals surface area contributed by atoms with Crippen molar-refractivity contribution in [2.75, 3.05) is 0 Å². The van der Waals surface area contributed by atoms with Gasteiger partial charge in [-0.05, 0) is 50.9 Å². The molecule has 0 bridgehead atoms. The molecule has 1 fully saturated rings. The van der Waals surface area contributed by atoms with Gasteiger partial charge in [0.1, 0.15) is 5.78 Å². The van der Waals surface area contributed by atoms with Crippen molar-refractivity contribution >= 4 is 5.78 Å². The summed E-state index contributed by atoms with van der Waals surface area (Å²) in [5, 5.41) is 4.09. The molecule has 4 nitrogen and oxygen atoms in total. The van der Waals surface area contributed by atoms with Crippen LogP contribution in [0.3, 0.4) is 0 Å². The number of Topliss-reactive ketones (excluding diaryl/α,β-unsaturated/α-hetero) is 1. The topological polar surface area (TPSA) is 56.0 Å². The second kappa shape index (κ2) is 5.66. The summed E-state index contributed by atoms with van der Waals surface area (Å²) in [6.07, 6.45) is 4.69. The maximum absolute atomic E-state index is 11.4. The lowest BCUT2D eigenvalue weighted by Crippen LogP contribution is -2.25. The monoisotopic (exact) mass is 278 g/mol. The van der Waals surface area contributed by atoms with Crippen LogP contribution in [0.5, 0.6) is 0 Å². The van der Waals surface area contributed by atoms with Gasteiger partial charge in [-0.15, -0.1) is 0 Å². The van der Waals surface area contributed by atoms with Gasteiger partial charge in [0.05, 0.1) is 5.92 Å². The van der Waals surface area contributed by atoms with Crippen LogP contribution >= 0.6 is 0 Å². The van der Waals surface area contributed by atoms with E-state index in [0.717, 1.165) is 24.6 Å². The van der Waals surface area contributed by atoms with Crippen molar-refractivity contribution in [3.8, 4) is 0 Å². The fraction of sp³-hybridized carbons (Fsp3) is 0.812. The molecule has 0 spiro atoms. The highest BCUT2D eigenvalue weighted by atomic mass is 16.5. The molecular weight excluding hydrogens is 252 g/mol. The lowest BCUT2D eigenvalue weighted by molar-refractivity contribution is -0.118. The third-order valence-electron chi connectivity index (χ3n) is 4.75. The molecule has 0 aromatic carbocycles. The Balaban J connectivity index is 1.99. The summed E-state index contributed by atoms with van der Waals surface area (Å²) in [5.41, 5.74) is 0.385. The molecule has 20 heavy (non-hydrogen) atoms. The summed E-state index contributed by atoms with van der Waals surface area (Å²) in [4.78, 5) is 15.8. The van der Waals surface area contributed by atoms with E-state index in [2.05, 4.69) is 30.9 Å². The second-order valence-electron chi connectivity index (χ2n) is 7.24. The molecular formula is C16H26N2O2. The third kappa shape index (κ3) is 3.28. The first-order valence-electron chi connectivity index (χ1n) is 7.63. The summed E-state index contributed by atoms with van der Waals surface area (Å²) in [6.45, 7) is 10.3. The highest BCUT2D eigenvalue weighted by Crippen LogP contribution is 2.42. The summed E-state index contributed by atoms with van der Waals surface area (Å²) in [6, 6.07) is 0. The Bertz CT molecular complexity index is 465. The third-order valence-corrected chi connectivity index (χ3v) is 4.75. The van der Waals surface area contributed by atoms with Gasteiger partial charge in [0.25, 0.3) is 0 Å². The Hall–Kier alpha value is -1.19. The van der Waals surface area contributed by atoms with Crippen molar-refractivity contribution in [1.82, 2.24) is 10.1 Å². The highest BCUT2D eigenvalue weighted by molar-refractivity contribution is 5.81. The minimum atomic E-state index is -0.290. The number of carbonyl (C=O) groups is 1. The number of aromatic nitrogens is 2. The van der Waals surface area contributed by atoms with Crippen molar-refractivity contribution < 1.29 is 9.32 Å². The Morgan fingerprint density at radius 2 is 1.85 bits per heavy atom. The molecule has 1 saturated carbocycles. The fourth-order valence-electron chi connectivity index (χ4n) is 2.98. The standard InChI is InChI=1S/C16H26N2O2/c1-10(11(2)19)15-17-14(18-20-15)12-6-8-13(9-7-12)16(3,4)5/h10,12-13H,6-9H2,1-5H3. The zero-order valence-corrected chi connectivity index (χ0v) is 13.3. The summed E-state index contributed by atoms with van der Waals surface area (Å²) in [7, 11) is 0. The van der Waals surface area contributed by atoms with Gasteiger partial charge >= 0.3 is 0 Å². The van der Waals surface area contributed by atoms with Crippen LogP contribution in [-0.2, 0) is 4.79 Å². The molecule has 1 aliphatic rings. The molecule has 1 atom stereocenters. The average Bonchev–Trinajstić information content (AvgIpc) is 2.86. The molecule has 2 rings (SSSR count). The van der Waals surface area contributed by atoms with E-state index in [9.17, 15) is 4.79 Å². The first kappa shape index (κ1) is 15.2. The highest BCUT2D eigenvalue weighted by Gasteiger charge is 2.32. The predicted molar refractivity (Wildman–Crippen MR) is 77.5 cm³/mol. The van der Waals surface area contributed by atoms with E-state index >= 15 is 0 Å². The van der Waals surface area contributed by atoms with Gasteiger partial charge < -0.3 is 4.52 Å². The maximum atomic E-state index is 11.4. The number of ketones is 1. The number of hydrogen-bond donors (Lipinski definition) is 0. The van der Waals surface area contributed by atoms with Gasteiger partial charge in [0.15, 0.2) is 5.82 Å². The SMILES string of the molecule is CC(=O)C(C)c1nc(C2CCC(C(C)(C)C)CC2)no1. The van der Waals surface area contributed by atoms with Crippen LogP contribution in [0.15, 0.2) is 4.52 Å². The molecule has 0 N–H and O–H groups in total. The van der Waals surface area contributed by atoms with E-state index in [1.54, 1.807) is 6.92 Å². The van der Waals surface area contributed by atoms with Gasteiger partial charge in [0, 0.05) is 5.92 Å². The van der Waals surface area contributed by atoms with E-state index in [0.29, 0.717) is 17.2 Å². The van der Waals surface area contributed by atoms with Crippen molar-refractivity contribution in [3.63, 3.8) is 0 Å². The molecule has 1 heterocycles. The zero-order valence-electron chi connectivity index (χ0n) is 13.3. The minimum Gasteiger partial charge on any atom is -0.339 e. The largest absolute Gasteiger partial charge is 0.339 e. The van der Waals surface area contributed by atoms with Crippen molar-refractivity contribution in [2.24, 2.45) is 11.3 Å². The molecule has 0 saturated heterocycles. The minimum absolute atomic E-state index is 0.0663. The van der Waals surface area contributed by atoms with E-state index in [1.165, 1.54) is 12.8 Å². The van der Waals surface area contributed by atoms with Crippen molar-refractivity contribution in [1.29, 1.82) is 0 Å². The summed E-state index contributed by atoms with van der Waals surface area (Å²) >= 11 is 0. The smallest absolute Gasteiger partial charge is 0.236 e. The molecule has 112 valence electrons. The lowest BCUT2D eigenvalue weighted by Gasteiger charge is -2.36. The molecule has 1 aromatic heterocycles. The van der Waals surface area contributed by atoms with Crippen LogP contribution < -0.4 is 0 Å². The molecule has 0 amide bonds. The van der Waals surface area contributed by atoms with Gasteiger partial charge in [-0.3, -0.25) is 4.79 Å². The van der Waals surface area contributed by atoms with Crippen molar-refractivity contribution in [3.05, 3.63) is 11.7 Å². The van der Waals surface area contributed by atoms with E-state index in [4.69, 9.17) is 4.52 Å². The Kier molecular flexibility index (Phi) is 4.31. The summed E-state index contributed by atoms with van der Waals surface area (Å²) < 4.78 is 5.25. The Labute approximate surface area is 121 Å². The normalized spacial score (nSPS) is 25.4. The number of rotatable bonds is 3. The van der Waals surface area contributed by atoms with Crippen LogP contribution in [-0.4, -0.2) is 15.9 Å². The first-order valence-corrected chi connectivity index (χ1v) is 7.63. The number of carbonyl (C=O) groups excluding carboxylic acids is 1. The van der Waals surface area contributed by atoms with Crippen LogP contribution in [0.4, 0.5) is 0 Å². The quantitative estimate of drug-likeness (QED) is 0.836. The maximum Gasteiger partial charge on any atom is 0.236 e. The fourth-order valence-corrected chi connectivity index (χ4v) is 2.98. The second-order valence-corrected chi connectivity index (χ2v) is 7.24. The van der Waals surface area contributed by atoms with Crippen LogP contribution in [0.2, 0.25) is 0 Å². The van der Waals surface area contributed by atoms with E-state index < -0.39 is 0 Å². The van der Waals surface area contributed by atoms with Gasteiger partial charge in [0.2, 0.25) is 5.89 Å². The molecule has 1 unspecified atom stereocenters. The van der Waals surface area contributed by atoms with Crippen LogP contribution in [0.1, 0.15) is 83.9 Å². The lowest BCUT2D eigenvalue weighted by atomic mass is 9.70. The van der Waals surface area contributed by atoms with Gasteiger partial charge in [-0.25, -0.2) is 0 Å².